The van der Waals surface area contributed by atoms with Crippen LogP contribution >= 0.6 is 11.6 Å². The number of nitrogens with one attached hydrogen (secondary N) is 1. The maximum absolute atomic E-state index is 12.8. The molecule has 0 aliphatic heterocycles. The van der Waals surface area contributed by atoms with Crippen molar-refractivity contribution in [3.63, 3.8) is 0 Å². The fraction of sp³-hybridized carbons (Fsp3) is 0.185. The molecule has 0 bridgehead atoms. The number of rotatable bonds is 11. The van der Waals surface area contributed by atoms with Crippen LogP contribution in [0.5, 0.6) is 11.5 Å². The fourth-order valence-corrected chi connectivity index (χ4v) is 5.35. The summed E-state index contributed by atoms with van der Waals surface area (Å²) in [6.07, 6.45) is 0.914. The zero-order valence-electron chi connectivity index (χ0n) is 20.2. The molecule has 9 nitrogen and oxygen atoms in total. The highest BCUT2D eigenvalue weighted by Crippen LogP contribution is 2.28. The summed E-state index contributed by atoms with van der Waals surface area (Å²) in [4.78, 5) is 4.93. The van der Waals surface area contributed by atoms with Crippen LogP contribution in [0.15, 0.2) is 83.8 Å². The predicted molar refractivity (Wildman–Crippen MR) is 143 cm³/mol. The molecule has 0 spiro atoms. The van der Waals surface area contributed by atoms with Gasteiger partial charge in [-0.1, -0.05) is 47.1 Å². The summed E-state index contributed by atoms with van der Waals surface area (Å²) in [6, 6.07) is 23.5. The van der Waals surface area contributed by atoms with Crippen LogP contribution in [-0.4, -0.2) is 39.8 Å². The lowest BCUT2D eigenvalue weighted by molar-refractivity contribution is 0.281. The molecule has 0 saturated heterocycles. The summed E-state index contributed by atoms with van der Waals surface area (Å²) in [5.74, 6) is 1.57. The minimum Gasteiger partial charge on any atom is -0.487 e. The molecule has 0 unspecified atom stereocenters. The van der Waals surface area contributed by atoms with E-state index in [1.54, 1.807) is 18.2 Å². The van der Waals surface area contributed by atoms with E-state index in [0.29, 0.717) is 35.2 Å². The molecular formula is C27H24ClN5O4S. The highest BCUT2D eigenvalue weighted by atomic mass is 35.5. The van der Waals surface area contributed by atoms with E-state index < -0.39 is 9.84 Å². The van der Waals surface area contributed by atoms with Gasteiger partial charge in [0.1, 0.15) is 18.1 Å². The Labute approximate surface area is 224 Å². The van der Waals surface area contributed by atoms with E-state index in [-0.39, 0.29) is 23.9 Å². The summed E-state index contributed by atoms with van der Waals surface area (Å²) >= 11 is 5.90. The molecule has 0 fully saturated rings. The SMILES string of the molecule is O=S(=O)(CCCc1ccc(OCc2nn[nH]n2)cc1OCc1ccc2ccccc2n1)c1ccc(Cl)cc1. The quantitative estimate of drug-likeness (QED) is 0.245. The molecule has 5 rings (SSSR count). The zero-order chi connectivity index (χ0) is 26.4. The molecular weight excluding hydrogens is 526 g/mol. The molecule has 194 valence electrons. The summed E-state index contributed by atoms with van der Waals surface area (Å²) in [5, 5.41) is 15.2. The Morgan fingerprint density at radius 1 is 0.895 bits per heavy atom. The molecule has 2 heterocycles. The number of aromatic nitrogens is 5. The number of pyridine rings is 1. The van der Waals surface area contributed by atoms with Crippen molar-refractivity contribution in [3.8, 4) is 11.5 Å². The highest BCUT2D eigenvalue weighted by Gasteiger charge is 2.16. The highest BCUT2D eigenvalue weighted by molar-refractivity contribution is 7.91. The molecule has 38 heavy (non-hydrogen) atoms. The van der Waals surface area contributed by atoms with Crippen molar-refractivity contribution in [3.05, 3.63) is 101 Å². The third-order valence-corrected chi connectivity index (χ3v) is 7.93. The average molecular weight is 550 g/mol. The topological polar surface area (TPSA) is 120 Å². The summed E-state index contributed by atoms with van der Waals surface area (Å²) in [5.41, 5.74) is 2.53. The molecule has 2 aromatic heterocycles. The van der Waals surface area contributed by atoms with Gasteiger partial charge in [0.25, 0.3) is 0 Å². The van der Waals surface area contributed by atoms with Gasteiger partial charge in [0.2, 0.25) is 5.82 Å². The van der Waals surface area contributed by atoms with E-state index in [0.717, 1.165) is 22.2 Å². The second kappa shape index (κ2) is 11.6. The van der Waals surface area contributed by atoms with Crippen molar-refractivity contribution in [2.75, 3.05) is 5.75 Å². The van der Waals surface area contributed by atoms with Gasteiger partial charge in [-0.2, -0.15) is 5.21 Å². The third kappa shape index (κ3) is 6.45. The summed E-state index contributed by atoms with van der Waals surface area (Å²) in [6.45, 7) is 0.385. The number of H-pyrrole nitrogens is 1. The number of ether oxygens (including phenoxy) is 2. The van der Waals surface area contributed by atoms with Crippen molar-refractivity contribution in [2.45, 2.75) is 31.0 Å². The lowest BCUT2D eigenvalue weighted by Crippen LogP contribution is -2.08. The number of halogens is 1. The maximum atomic E-state index is 12.8. The lowest BCUT2D eigenvalue weighted by Gasteiger charge is -2.14. The van der Waals surface area contributed by atoms with Crippen LogP contribution in [0.25, 0.3) is 10.9 Å². The lowest BCUT2D eigenvalue weighted by atomic mass is 10.1. The summed E-state index contributed by atoms with van der Waals surface area (Å²) < 4.78 is 37.5. The molecule has 3 aromatic carbocycles. The average Bonchev–Trinajstić information content (AvgIpc) is 3.45. The van der Waals surface area contributed by atoms with E-state index in [4.69, 9.17) is 21.1 Å². The van der Waals surface area contributed by atoms with E-state index in [9.17, 15) is 8.42 Å². The number of aromatic amines is 1. The maximum Gasteiger partial charge on any atom is 0.211 e. The Morgan fingerprint density at radius 2 is 1.74 bits per heavy atom. The minimum absolute atomic E-state index is 0.00359. The number of sulfone groups is 1. The number of benzene rings is 3. The largest absolute Gasteiger partial charge is 0.487 e. The molecule has 0 aliphatic carbocycles. The number of nitrogens with zero attached hydrogens (tertiary/aromatic N) is 4. The van der Waals surface area contributed by atoms with Crippen molar-refractivity contribution in [1.82, 2.24) is 25.6 Å². The summed E-state index contributed by atoms with van der Waals surface area (Å²) in [7, 11) is -3.43. The fourth-order valence-electron chi connectivity index (χ4n) is 3.91. The van der Waals surface area contributed by atoms with Gasteiger partial charge in [-0.05, 0) is 60.9 Å². The van der Waals surface area contributed by atoms with Gasteiger partial charge >= 0.3 is 0 Å². The zero-order valence-corrected chi connectivity index (χ0v) is 21.8. The predicted octanol–water partition coefficient (Wildman–Crippen LogP) is 4.97. The Hall–Kier alpha value is -4.02. The monoisotopic (exact) mass is 549 g/mol. The molecule has 5 aromatic rings. The minimum atomic E-state index is -3.43. The van der Waals surface area contributed by atoms with Gasteiger partial charge < -0.3 is 9.47 Å². The Bertz CT molecular complexity index is 1630. The first kappa shape index (κ1) is 25.6. The van der Waals surface area contributed by atoms with Crippen LogP contribution in [0.1, 0.15) is 23.5 Å². The normalized spacial score (nSPS) is 11.5. The number of hydrogen-bond donors (Lipinski definition) is 1. The van der Waals surface area contributed by atoms with E-state index in [1.165, 1.54) is 12.1 Å². The molecule has 0 atom stereocenters. The van der Waals surface area contributed by atoms with Crippen LogP contribution < -0.4 is 9.47 Å². The Balaban J connectivity index is 1.30. The van der Waals surface area contributed by atoms with Crippen LogP contribution in [0.2, 0.25) is 5.02 Å². The van der Waals surface area contributed by atoms with Gasteiger partial charge in [-0.15, -0.1) is 10.2 Å². The number of para-hydroxylation sites is 1. The van der Waals surface area contributed by atoms with Crippen LogP contribution in [0.3, 0.4) is 0 Å². The standard InChI is InChI=1S/C27H24ClN5O4S/c28-21-9-13-24(14-10-21)38(34,35)15-3-5-20-8-12-23(36-18-27-30-32-33-31-27)16-26(20)37-17-22-11-7-19-4-1-2-6-25(19)29-22/h1-2,4,6-14,16H,3,5,15,17-18H2,(H,30,31,32,33). The van der Waals surface area contributed by atoms with Crippen molar-refractivity contribution >= 4 is 32.3 Å². The van der Waals surface area contributed by atoms with E-state index in [1.807, 2.05) is 48.5 Å². The molecule has 0 radical (unpaired) electrons. The Kier molecular flexibility index (Phi) is 7.81. The van der Waals surface area contributed by atoms with Crippen molar-refractivity contribution < 1.29 is 17.9 Å². The molecule has 1 N–H and O–H groups in total. The van der Waals surface area contributed by atoms with Crippen LogP contribution in [-0.2, 0) is 29.5 Å². The van der Waals surface area contributed by atoms with Crippen molar-refractivity contribution in [1.29, 1.82) is 0 Å². The van der Waals surface area contributed by atoms with Gasteiger partial charge in [-0.25, -0.2) is 13.4 Å². The molecule has 0 amide bonds. The number of hydrogen-bond acceptors (Lipinski definition) is 8. The van der Waals surface area contributed by atoms with Gasteiger partial charge in [-0.3, -0.25) is 0 Å². The van der Waals surface area contributed by atoms with E-state index in [2.05, 4.69) is 25.6 Å². The second-order valence-corrected chi connectivity index (χ2v) is 11.1. The smallest absolute Gasteiger partial charge is 0.211 e. The first-order chi connectivity index (χ1) is 18.5. The molecule has 11 heteroatoms. The first-order valence-electron chi connectivity index (χ1n) is 11.9. The molecule has 0 saturated carbocycles. The van der Waals surface area contributed by atoms with Gasteiger partial charge in [0.15, 0.2) is 16.4 Å². The van der Waals surface area contributed by atoms with Gasteiger partial charge in [0.05, 0.1) is 21.9 Å². The van der Waals surface area contributed by atoms with Crippen LogP contribution in [0.4, 0.5) is 0 Å². The van der Waals surface area contributed by atoms with Crippen LogP contribution in [0, 0.1) is 0 Å². The van der Waals surface area contributed by atoms with Crippen molar-refractivity contribution in [2.24, 2.45) is 0 Å². The first-order valence-corrected chi connectivity index (χ1v) is 13.9. The number of fused-ring (bicyclic) bond motifs is 1. The molecule has 0 aliphatic rings. The van der Waals surface area contributed by atoms with Gasteiger partial charge in [0, 0.05) is 16.5 Å². The third-order valence-electron chi connectivity index (χ3n) is 5.86. The Morgan fingerprint density at radius 3 is 2.55 bits per heavy atom. The second-order valence-electron chi connectivity index (χ2n) is 8.55. The van der Waals surface area contributed by atoms with E-state index >= 15 is 0 Å². The number of aryl methyl sites for hydroxylation is 1. The number of tetrazole rings is 1.